The Hall–Kier alpha value is -1.71. The van der Waals surface area contributed by atoms with Gasteiger partial charge in [0.2, 0.25) is 0 Å². The number of esters is 2. The number of ether oxygens (including phenoxy) is 2. The summed E-state index contributed by atoms with van der Waals surface area (Å²) < 4.78 is 32.6. The zero-order chi connectivity index (χ0) is 37.5. The molecule has 296 valence electrons. The van der Waals surface area contributed by atoms with Crippen molar-refractivity contribution in [2.24, 2.45) is 0 Å². The van der Waals surface area contributed by atoms with Crippen LogP contribution in [-0.2, 0) is 51.9 Å². The molecule has 0 aromatic rings. The molecule has 1 rings (SSSR count). The summed E-state index contributed by atoms with van der Waals surface area (Å²) in [7, 11) is -4.65. The summed E-state index contributed by atoms with van der Waals surface area (Å²) in [6.07, 6.45) is 0.0825. The summed E-state index contributed by atoms with van der Waals surface area (Å²) >= 11 is 0. The van der Waals surface area contributed by atoms with E-state index in [1.807, 2.05) is 0 Å². The third-order valence-electron chi connectivity index (χ3n) is 7.30. The fraction of sp³-hybridized carbons (Fsp3) is 0.800. The van der Waals surface area contributed by atoms with Gasteiger partial charge in [-0.05, 0) is 19.3 Å². The Balaban J connectivity index is 0.0000250. The van der Waals surface area contributed by atoms with E-state index in [2.05, 4.69) is 0 Å². The molecule has 1 saturated heterocycles. The number of carboxylic acids is 3. The fourth-order valence-corrected chi connectivity index (χ4v) is 5.57. The molecule has 0 amide bonds. The normalized spacial score (nSPS) is 17.5. The summed E-state index contributed by atoms with van der Waals surface area (Å²) in [6.45, 7) is 2.30. The maximum Gasteiger partial charge on any atom is 0.472 e. The van der Waals surface area contributed by atoms with Crippen molar-refractivity contribution < 1.29 is 112 Å². The Morgan fingerprint density at radius 3 is 1.47 bits per heavy atom. The Kier molecular flexibility index (Phi) is 26.9. The van der Waals surface area contributed by atoms with Crippen molar-refractivity contribution in [3.8, 4) is 0 Å². The molecular formula is C30H50GdN4O15P-3. The predicted octanol–water partition coefficient (Wildman–Crippen LogP) is -4.00. The van der Waals surface area contributed by atoms with Crippen molar-refractivity contribution >= 4 is 43.5 Å². The SMILES string of the molecule is CCCC(=O)OCC(COP(=O)(O)OCCCC(=O)CN1CCN(CC(=O)[O-])CCN(CC(=O)[O-])CCN(CC(=O)[O-])CC1)OC(=O)CCC.[Gd]. The van der Waals surface area contributed by atoms with Gasteiger partial charge in [-0.3, -0.25) is 43.0 Å². The van der Waals surface area contributed by atoms with Gasteiger partial charge in [-0.1, -0.05) is 13.8 Å². The molecule has 0 bridgehead atoms. The van der Waals surface area contributed by atoms with Crippen LogP contribution in [0.25, 0.3) is 0 Å². The van der Waals surface area contributed by atoms with Crippen LogP contribution in [0.15, 0.2) is 0 Å². The summed E-state index contributed by atoms with van der Waals surface area (Å²) in [4.78, 5) is 86.8. The number of ketones is 1. The van der Waals surface area contributed by atoms with Crippen molar-refractivity contribution in [3.05, 3.63) is 0 Å². The number of nitrogens with zero attached hydrogens (tertiary/aromatic N) is 4. The molecule has 0 saturated carbocycles. The van der Waals surface area contributed by atoms with Gasteiger partial charge in [0.1, 0.15) is 12.4 Å². The van der Waals surface area contributed by atoms with Crippen LogP contribution in [0.5, 0.6) is 0 Å². The first-order valence-electron chi connectivity index (χ1n) is 16.6. The number of aliphatic carboxylic acids is 3. The van der Waals surface area contributed by atoms with Crippen LogP contribution in [0.4, 0.5) is 0 Å². The number of carbonyl (C=O) groups is 6. The summed E-state index contributed by atoms with van der Waals surface area (Å²) in [5, 5.41) is 33.9. The molecule has 0 aromatic heterocycles. The standard InChI is InChI=1S/C30H53N4O15P.Gd/c1-3-6-29(42)46-22-25(49-30(43)7-4-2)23-48-50(44,45)47-17-5-8-24(35)18-31-9-11-32(19-26(36)37)13-15-34(21-28(40)41)16-14-33(12-10-31)20-27(38)39;/h25H,3-23H2,1-2H3,(H,36,37)(H,38,39)(H,40,41)(H,44,45);/p-3. The third-order valence-corrected chi connectivity index (χ3v) is 8.29. The Morgan fingerprint density at radius 2 is 1.06 bits per heavy atom. The molecule has 51 heavy (non-hydrogen) atoms. The Bertz CT molecular complexity index is 1120. The molecule has 1 fully saturated rings. The monoisotopic (exact) mass is 895 g/mol. The number of rotatable bonds is 23. The van der Waals surface area contributed by atoms with E-state index in [0.717, 1.165) is 0 Å². The minimum Gasteiger partial charge on any atom is -0.549 e. The molecule has 0 radical (unpaired) electrons. The van der Waals surface area contributed by atoms with Gasteiger partial charge in [0.25, 0.3) is 0 Å². The number of Topliss-reactive ketones (excluding diaryl/α,β-unsaturated/α-hetero) is 1. The van der Waals surface area contributed by atoms with E-state index < -0.39 is 70.0 Å². The van der Waals surface area contributed by atoms with Crippen LogP contribution < -0.4 is 15.3 Å². The van der Waals surface area contributed by atoms with Gasteiger partial charge in [0.05, 0.1) is 37.7 Å². The molecule has 2 atom stereocenters. The molecule has 1 N–H and O–H groups in total. The van der Waals surface area contributed by atoms with Crippen LogP contribution in [0.3, 0.4) is 0 Å². The third kappa shape index (κ3) is 25.8. The minimum atomic E-state index is -4.65. The van der Waals surface area contributed by atoms with Crippen LogP contribution in [-0.4, -0.2) is 165 Å². The molecule has 21 heteroatoms. The first-order valence-corrected chi connectivity index (χ1v) is 18.1. The molecule has 1 aliphatic heterocycles. The maximum atomic E-state index is 12.9. The van der Waals surface area contributed by atoms with Gasteiger partial charge < -0.3 is 44.1 Å². The predicted molar refractivity (Wildman–Crippen MR) is 167 cm³/mol. The molecule has 0 spiro atoms. The zero-order valence-electron chi connectivity index (χ0n) is 29.2. The van der Waals surface area contributed by atoms with Gasteiger partial charge in [0.15, 0.2) is 6.10 Å². The van der Waals surface area contributed by atoms with Gasteiger partial charge in [-0.2, -0.15) is 0 Å². The number of carboxylic acid groups (broad SMARTS) is 3. The number of hydrogen-bond acceptors (Lipinski definition) is 18. The smallest absolute Gasteiger partial charge is 0.472 e. The van der Waals surface area contributed by atoms with Crippen LogP contribution >= 0.6 is 7.82 Å². The van der Waals surface area contributed by atoms with Crippen molar-refractivity contribution in [1.29, 1.82) is 0 Å². The van der Waals surface area contributed by atoms with E-state index in [4.69, 9.17) is 18.5 Å². The van der Waals surface area contributed by atoms with Gasteiger partial charge in [0, 0.05) is 131 Å². The van der Waals surface area contributed by atoms with Gasteiger partial charge >= 0.3 is 19.8 Å². The molecule has 0 aromatic carbocycles. The van der Waals surface area contributed by atoms with E-state index in [1.165, 1.54) is 4.90 Å². The largest absolute Gasteiger partial charge is 0.549 e. The van der Waals surface area contributed by atoms with Crippen LogP contribution in [0.2, 0.25) is 0 Å². The molecule has 0 aliphatic carbocycles. The summed E-state index contributed by atoms with van der Waals surface area (Å²) in [5.74, 6) is -5.41. The molecular weight excluding hydrogens is 845 g/mol. The average molecular weight is 895 g/mol. The fourth-order valence-electron chi connectivity index (χ4n) is 4.78. The Morgan fingerprint density at radius 1 is 0.647 bits per heavy atom. The van der Waals surface area contributed by atoms with Crippen molar-refractivity contribution in [2.45, 2.75) is 58.5 Å². The van der Waals surface area contributed by atoms with E-state index in [9.17, 15) is 53.5 Å². The van der Waals surface area contributed by atoms with Gasteiger partial charge in [-0.25, -0.2) is 4.57 Å². The van der Waals surface area contributed by atoms with E-state index >= 15 is 0 Å². The molecule has 2 unspecified atom stereocenters. The number of phosphoric ester groups is 1. The van der Waals surface area contributed by atoms with E-state index in [1.54, 1.807) is 28.5 Å². The molecule has 19 nitrogen and oxygen atoms in total. The first kappa shape index (κ1) is 49.3. The second kappa shape index (κ2) is 27.8. The second-order valence-corrected chi connectivity index (χ2v) is 13.2. The first-order chi connectivity index (χ1) is 23.6. The molecule has 1 aliphatic rings. The second-order valence-electron chi connectivity index (χ2n) is 11.8. The summed E-state index contributed by atoms with van der Waals surface area (Å²) in [6, 6.07) is 0. The van der Waals surface area contributed by atoms with E-state index in [-0.39, 0.29) is 144 Å². The van der Waals surface area contributed by atoms with Crippen molar-refractivity contribution in [3.63, 3.8) is 0 Å². The number of carbonyl (C=O) groups excluding carboxylic acids is 6. The van der Waals surface area contributed by atoms with Crippen LogP contribution in [0, 0.1) is 39.9 Å². The zero-order valence-corrected chi connectivity index (χ0v) is 32.3. The van der Waals surface area contributed by atoms with Gasteiger partial charge in [-0.15, -0.1) is 0 Å². The molecule has 1 heterocycles. The van der Waals surface area contributed by atoms with Crippen LogP contribution in [0.1, 0.15) is 52.4 Å². The van der Waals surface area contributed by atoms with E-state index in [0.29, 0.717) is 12.8 Å². The van der Waals surface area contributed by atoms with Crippen molar-refractivity contribution in [1.82, 2.24) is 19.6 Å². The quantitative estimate of drug-likeness (QED) is 0.0582. The summed E-state index contributed by atoms with van der Waals surface area (Å²) in [5.41, 5.74) is 0. The Labute approximate surface area is 330 Å². The van der Waals surface area contributed by atoms with Crippen molar-refractivity contribution in [2.75, 3.05) is 98.4 Å². The number of hydrogen-bond donors (Lipinski definition) is 1. The number of phosphoric acid groups is 1. The minimum absolute atomic E-state index is 0. The maximum absolute atomic E-state index is 12.9. The average Bonchev–Trinajstić information content (AvgIpc) is 3.01. The topological polar surface area (TPSA) is 259 Å².